The summed E-state index contributed by atoms with van der Waals surface area (Å²) in [4.78, 5) is 12.4. The zero-order chi connectivity index (χ0) is 12.1. The summed E-state index contributed by atoms with van der Waals surface area (Å²) in [7, 11) is 0. The van der Waals surface area contributed by atoms with Gasteiger partial charge < -0.3 is 0 Å². The van der Waals surface area contributed by atoms with Gasteiger partial charge in [0.05, 0.1) is 6.21 Å². The zero-order valence-electron chi connectivity index (χ0n) is 9.75. The van der Waals surface area contributed by atoms with Crippen molar-refractivity contribution in [1.82, 2.24) is 15.0 Å². The van der Waals surface area contributed by atoms with Crippen molar-refractivity contribution in [1.29, 1.82) is 0 Å². The topological polar surface area (TPSA) is 63.1 Å². The number of hydrogen-bond donors (Lipinski definition) is 1. The molecule has 0 unspecified atom stereocenters. The van der Waals surface area contributed by atoms with E-state index < -0.39 is 0 Å². The smallest absolute Gasteiger partial charge is 0.243 e. The highest BCUT2D eigenvalue weighted by molar-refractivity contribution is 5.79. The van der Waals surface area contributed by atoms with Crippen LogP contribution in [0.15, 0.2) is 35.7 Å². The van der Waals surface area contributed by atoms with Crippen LogP contribution in [0.5, 0.6) is 0 Å². The van der Waals surface area contributed by atoms with Crippen molar-refractivity contribution in [2.24, 2.45) is 5.10 Å². The quantitative estimate of drug-likeness (QED) is 0.643. The maximum absolute atomic E-state index is 4.21. The average molecular weight is 227 g/mol. The fourth-order valence-corrected chi connectivity index (χ4v) is 1.39. The molecule has 0 radical (unpaired) electrons. The highest BCUT2D eigenvalue weighted by Crippen LogP contribution is 2.03. The highest BCUT2D eigenvalue weighted by atomic mass is 15.3. The predicted octanol–water partition coefficient (Wildman–Crippen LogP) is 1.93. The van der Waals surface area contributed by atoms with Gasteiger partial charge in [0.15, 0.2) is 0 Å². The van der Waals surface area contributed by atoms with Crippen LogP contribution in [0.3, 0.4) is 0 Å². The molecule has 0 aliphatic heterocycles. The molecule has 0 aliphatic rings. The van der Waals surface area contributed by atoms with Crippen LogP contribution < -0.4 is 5.43 Å². The summed E-state index contributed by atoms with van der Waals surface area (Å²) in [5.41, 5.74) is 5.54. The van der Waals surface area contributed by atoms with E-state index in [2.05, 4.69) is 25.5 Å². The first kappa shape index (κ1) is 11.2. The molecule has 5 nitrogen and oxygen atoms in total. The Kier molecular flexibility index (Phi) is 3.40. The summed E-state index contributed by atoms with van der Waals surface area (Å²) in [6.45, 7) is 3.84. The fourth-order valence-electron chi connectivity index (χ4n) is 1.39. The van der Waals surface area contributed by atoms with Gasteiger partial charge in [-0.05, 0) is 26.0 Å². The van der Waals surface area contributed by atoms with Crippen LogP contribution in [-0.2, 0) is 0 Å². The molecule has 2 aromatic rings. The Morgan fingerprint density at radius 2 is 2.00 bits per heavy atom. The van der Waals surface area contributed by atoms with E-state index in [0.717, 1.165) is 17.0 Å². The van der Waals surface area contributed by atoms with Crippen LogP contribution in [0.4, 0.5) is 5.95 Å². The third kappa shape index (κ3) is 3.34. The lowest BCUT2D eigenvalue weighted by Crippen LogP contribution is -1.99. The maximum Gasteiger partial charge on any atom is 0.243 e. The van der Waals surface area contributed by atoms with E-state index in [1.54, 1.807) is 18.6 Å². The molecular weight excluding hydrogens is 214 g/mol. The lowest BCUT2D eigenvalue weighted by atomic mass is 10.3. The van der Waals surface area contributed by atoms with Gasteiger partial charge in [-0.1, -0.05) is 6.07 Å². The SMILES string of the molecule is Cc1cc(C)nc(N/N=C/c2cccnc2)n1. The molecule has 2 aromatic heterocycles. The van der Waals surface area contributed by atoms with E-state index in [1.807, 2.05) is 32.0 Å². The lowest BCUT2D eigenvalue weighted by Gasteiger charge is -2.01. The molecule has 0 bridgehead atoms. The van der Waals surface area contributed by atoms with E-state index in [9.17, 15) is 0 Å². The first-order valence-electron chi connectivity index (χ1n) is 5.25. The molecule has 0 aromatic carbocycles. The second kappa shape index (κ2) is 5.16. The molecule has 0 atom stereocenters. The number of aryl methyl sites for hydroxylation is 2. The van der Waals surface area contributed by atoms with E-state index in [0.29, 0.717) is 5.95 Å². The molecule has 2 rings (SSSR count). The normalized spacial score (nSPS) is 10.7. The Hall–Kier alpha value is -2.30. The molecule has 0 fully saturated rings. The molecule has 2 heterocycles. The minimum absolute atomic E-state index is 0.502. The number of aromatic nitrogens is 3. The second-order valence-electron chi connectivity index (χ2n) is 3.63. The monoisotopic (exact) mass is 227 g/mol. The molecule has 86 valence electrons. The van der Waals surface area contributed by atoms with E-state index in [-0.39, 0.29) is 0 Å². The summed E-state index contributed by atoms with van der Waals surface area (Å²) in [6.07, 6.45) is 5.12. The van der Waals surface area contributed by atoms with Gasteiger partial charge in [0.25, 0.3) is 0 Å². The Balaban J connectivity index is 2.05. The minimum Gasteiger partial charge on any atom is -0.264 e. The largest absolute Gasteiger partial charge is 0.264 e. The number of hydrazone groups is 1. The third-order valence-electron chi connectivity index (χ3n) is 2.04. The van der Waals surface area contributed by atoms with Crippen LogP contribution >= 0.6 is 0 Å². The van der Waals surface area contributed by atoms with Gasteiger partial charge in [0.2, 0.25) is 5.95 Å². The molecule has 0 saturated carbocycles. The van der Waals surface area contributed by atoms with Crippen molar-refractivity contribution in [2.75, 3.05) is 5.43 Å². The molecule has 0 spiro atoms. The van der Waals surface area contributed by atoms with Crippen LogP contribution in [0.25, 0.3) is 0 Å². The van der Waals surface area contributed by atoms with Crippen molar-refractivity contribution >= 4 is 12.2 Å². The molecule has 5 heteroatoms. The van der Waals surface area contributed by atoms with Crippen molar-refractivity contribution in [3.63, 3.8) is 0 Å². The summed E-state index contributed by atoms with van der Waals surface area (Å²) >= 11 is 0. The van der Waals surface area contributed by atoms with Crippen LogP contribution in [-0.4, -0.2) is 21.2 Å². The number of nitrogens with zero attached hydrogens (tertiary/aromatic N) is 4. The van der Waals surface area contributed by atoms with Gasteiger partial charge in [-0.3, -0.25) is 4.98 Å². The molecular formula is C12H13N5. The fraction of sp³-hybridized carbons (Fsp3) is 0.167. The number of anilines is 1. The Morgan fingerprint density at radius 1 is 1.24 bits per heavy atom. The van der Waals surface area contributed by atoms with Crippen molar-refractivity contribution < 1.29 is 0 Å². The third-order valence-corrected chi connectivity index (χ3v) is 2.04. The standard InChI is InChI=1S/C12H13N5/c1-9-6-10(2)16-12(15-9)17-14-8-11-4-3-5-13-7-11/h3-8H,1-2H3,(H,15,16,17)/b14-8+. The van der Waals surface area contributed by atoms with E-state index >= 15 is 0 Å². The molecule has 0 saturated heterocycles. The maximum atomic E-state index is 4.21. The Morgan fingerprint density at radius 3 is 2.65 bits per heavy atom. The summed E-state index contributed by atoms with van der Waals surface area (Å²) < 4.78 is 0. The lowest BCUT2D eigenvalue weighted by molar-refractivity contribution is 1.04. The first-order valence-corrected chi connectivity index (χ1v) is 5.25. The van der Waals surface area contributed by atoms with Crippen molar-refractivity contribution in [3.05, 3.63) is 47.5 Å². The number of hydrogen-bond acceptors (Lipinski definition) is 5. The van der Waals surface area contributed by atoms with Gasteiger partial charge in [-0.15, -0.1) is 0 Å². The van der Waals surface area contributed by atoms with Gasteiger partial charge in [-0.25, -0.2) is 15.4 Å². The van der Waals surface area contributed by atoms with Crippen molar-refractivity contribution in [3.8, 4) is 0 Å². The first-order chi connectivity index (χ1) is 8.24. The number of pyridine rings is 1. The summed E-state index contributed by atoms with van der Waals surface area (Å²) in [5.74, 6) is 0.502. The van der Waals surface area contributed by atoms with Gasteiger partial charge in [-0.2, -0.15) is 5.10 Å². The van der Waals surface area contributed by atoms with Crippen LogP contribution in [0, 0.1) is 13.8 Å². The molecule has 0 amide bonds. The highest BCUT2D eigenvalue weighted by Gasteiger charge is 1.96. The van der Waals surface area contributed by atoms with Gasteiger partial charge in [0, 0.05) is 29.3 Å². The van der Waals surface area contributed by atoms with Gasteiger partial charge in [0.1, 0.15) is 0 Å². The van der Waals surface area contributed by atoms with E-state index in [1.165, 1.54) is 0 Å². The van der Waals surface area contributed by atoms with Crippen molar-refractivity contribution in [2.45, 2.75) is 13.8 Å². The average Bonchev–Trinajstić information content (AvgIpc) is 2.29. The van der Waals surface area contributed by atoms with Crippen LogP contribution in [0.1, 0.15) is 17.0 Å². The van der Waals surface area contributed by atoms with Gasteiger partial charge >= 0.3 is 0 Å². The molecule has 1 N–H and O–H groups in total. The second-order valence-corrected chi connectivity index (χ2v) is 3.63. The summed E-state index contributed by atoms with van der Waals surface area (Å²) in [5, 5.41) is 4.05. The predicted molar refractivity (Wildman–Crippen MR) is 67.0 cm³/mol. The van der Waals surface area contributed by atoms with E-state index in [4.69, 9.17) is 0 Å². The zero-order valence-corrected chi connectivity index (χ0v) is 9.75. The summed E-state index contributed by atoms with van der Waals surface area (Å²) in [6, 6.07) is 5.69. The minimum atomic E-state index is 0.502. The Labute approximate surface area is 99.7 Å². The number of nitrogens with one attached hydrogen (secondary N) is 1. The van der Waals surface area contributed by atoms with Crippen LogP contribution in [0.2, 0.25) is 0 Å². The molecule has 17 heavy (non-hydrogen) atoms. The Bertz CT molecular complexity index is 501. The molecule has 0 aliphatic carbocycles. The number of rotatable bonds is 3.